The first-order chi connectivity index (χ1) is 8.33. The molecule has 0 fully saturated rings. The molecular formula is C12H17N3O2. The molecule has 17 heavy (non-hydrogen) atoms. The lowest BCUT2D eigenvalue weighted by Gasteiger charge is -2.11. The monoisotopic (exact) mass is 235 g/mol. The number of aromatic nitrogens is 2. The van der Waals surface area contributed by atoms with Gasteiger partial charge in [-0.15, -0.1) is 12.3 Å². The van der Waals surface area contributed by atoms with Crippen molar-refractivity contribution >= 4 is 0 Å². The van der Waals surface area contributed by atoms with Gasteiger partial charge in [0.25, 0.3) is 0 Å². The highest BCUT2D eigenvalue weighted by Crippen LogP contribution is 2.22. The maximum Gasteiger partial charge on any atom is 0.224 e. The molecule has 1 aromatic heterocycles. The Morgan fingerprint density at radius 1 is 1.29 bits per heavy atom. The van der Waals surface area contributed by atoms with Crippen LogP contribution in [0.1, 0.15) is 18.4 Å². The minimum Gasteiger partial charge on any atom is -0.481 e. The van der Waals surface area contributed by atoms with E-state index in [2.05, 4.69) is 21.2 Å². The van der Waals surface area contributed by atoms with Crippen LogP contribution in [0.2, 0.25) is 0 Å². The predicted molar refractivity (Wildman–Crippen MR) is 64.9 cm³/mol. The summed E-state index contributed by atoms with van der Waals surface area (Å²) in [5.74, 6) is 3.66. The Labute approximate surface area is 102 Å². The number of methoxy groups -OCH3 is 2. The third-order valence-corrected chi connectivity index (χ3v) is 2.23. The molecule has 0 unspecified atom stereocenters. The van der Waals surface area contributed by atoms with Gasteiger partial charge in [0.15, 0.2) is 0 Å². The Morgan fingerprint density at radius 3 is 2.47 bits per heavy atom. The smallest absolute Gasteiger partial charge is 0.224 e. The number of rotatable bonds is 7. The van der Waals surface area contributed by atoms with Crippen LogP contribution < -0.4 is 14.8 Å². The summed E-state index contributed by atoms with van der Waals surface area (Å²) in [5.41, 5.74) is 0.818. The maximum atomic E-state index is 5.18. The largest absolute Gasteiger partial charge is 0.481 e. The number of hydrogen-bond donors (Lipinski definition) is 1. The van der Waals surface area contributed by atoms with E-state index in [9.17, 15) is 0 Å². The van der Waals surface area contributed by atoms with Gasteiger partial charge in [-0.3, -0.25) is 0 Å². The third kappa shape index (κ3) is 3.93. The molecule has 0 aliphatic carbocycles. The van der Waals surface area contributed by atoms with E-state index < -0.39 is 0 Å². The van der Waals surface area contributed by atoms with Crippen molar-refractivity contribution in [3.8, 4) is 24.1 Å². The second-order valence-corrected chi connectivity index (χ2v) is 3.36. The minimum atomic E-state index is 0.529. The average molecular weight is 235 g/mol. The number of terminal acetylenes is 1. The standard InChI is InChI=1S/C12H17N3O2/c1-4-5-6-7-13-8-10-11(16-2)14-9-15-12(10)17-3/h1,9,13H,5-8H2,2-3H3. The van der Waals surface area contributed by atoms with Crippen LogP contribution in [0.25, 0.3) is 0 Å². The van der Waals surface area contributed by atoms with E-state index in [0.717, 1.165) is 24.9 Å². The molecular weight excluding hydrogens is 218 g/mol. The van der Waals surface area contributed by atoms with E-state index in [4.69, 9.17) is 15.9 Å². The maximum absolute atomic E-state index is 5.18. The molecule has 0 amide bonds. The number of nitrogens with one attached hydrogen (secondary N) is 1. The average Bonchev–Trinajstić information content (AvgIpc) is 2.38. The zero-order valence-corrected chi connectivity index (χ0v) is 10.2. The molecule has 1 aromatic rings. The molecule has 0 atom stereocenters. The first-order valence-electron chi connectivity index (χ1n) is 5.39. The van der Waals surface area contributed by atoms with E-state index in [0.29, 0.717) is 18.3 Å². The molecule has 5 heteroatoms. The SMILES string of the molecule is C#CCCCNCc1c(OC)ncnc1OC. The molecule has 0 saturated carbocycles. The topological polar surface area (TPSA) is 56.3 Å². The minimum absolute atomic E-state index is 0.529. The Kier molecular flexibility index (Phi) is 5.83. The van der Waals surface area contributed by atoms with Crippen LogP contribution in [0.3, 0.4) is 0 Å². The molecule has 0 aliphatic rings. The van der Waals surface area contributed by atoms with Gasteiger partial charge in [0.05, 0.1) is 19.8 Å². The third-order valence-electron chi connectivity index (χ3n) is 2.23. The van der Waals surface area contributed by atoms with Gasteiger partial charge in [-0.1, -0.05) is 0 Å². The van der Waals surface area contributed by atoms with Crippen LogP contribution in [0.5, 0.6) is 11.8 Å². The molecule has 0 aliphatic heterocycles. The molecule has 0 aromatic carbocycles. The molecule has 1 heterocycles. The van der Waals surface area contributed by atoms with Crippen molar-refractivity contribution in [1.29, 1.82) is 0 Å². The summed E-state index contributed by atoms with van der Waals surface area (Å²) in [6.45, 7) is 1.43. The first-order valence-corrected chi connectivity index (χ1v) is 5.39. The number of nitrogens with zero attached hydrogens (tertiary/aromatic N) is 2. The summed E-state index contributed by atoms with van der Waals surface area (Å²) >= 11 is 0. The predicted octanol–water partition coefficient (Wildman–Crippen LogP) is 0.997. The van der Waals surface area contributed by atoms with Crippen molar-refractivity contribution < 1.29 is 9.47 Å². The number of unbranched alkanes of at least 4 members (excludes halogenated alkanes) is 1. The Bertz CT molecular complexity index is 366. The van der Waals surface area contributed by atoms with Gasteiger partial charge in [-0.25, -0.2) is 9.97 Å². The van der Waals surface area contributed by atoms with E-state index in [-0.39, 0.29) is 0 Å². The van der Waals surface area contributed by atoms with Gasteiger partial charge in [0.1, 0.15) is 6.33 Å². The van der Waals surface area contributed by atoms with Gasteiger partial charge in [-0.05, 0) is 13.0 Å². The van der Waals surface area contributed by atoms with Crippen molar-refractivity contribution in [3.05, 3.63) is 11.9 Å². The quantitative estimate of drug-likeness (QED) is 0.564. The van der Waals surface area contributed by atoms with Crippen molar-refractivity contribution in [2.24, 2.45) is 0 Å². The van der Waals surface area contributed by atoms with Crippen molar-refractivity contribution in [2.75, 3.05) is 20.8 Å². The second-order valence-electron chi connectivity index (χ2n) is 3.36. The zero-order valence-electron chi connectivity index (χ0n) is 10.2. The fourth-order valence-electron chi connectivity index (χ4n) is 1.41. The normalized spacial score (nSPS) is 9.71. The molecule has 0 spiro atoms. The highest BCUT2D eigenvalue weighted by Gasteiger charge is 2.11. The van der Waals surface area contributed by atoms with Gasteiger partial charge < -0.3 is 14.8 Å². The second kappa shape index (κ2) is 7.47. The molecule has 1 rings (SSSR count). The number of hydrogen-bond acceptors (Lipinski definition) is 5. The molecule has 0 saturated heterocycles. The molecule has 92 valence electrons. The lowest BCUT2D eigenvalue weighted by Crippen LogP contribution is -2.16. The number of ether oxygens (including phenoxy) is 2. The molecule has 0 bridgehead atoms. The van der Waals surface area contributed by atoms with Crippen molar-refractivity contribution in [1.82, 2.24) is 15.3 Å². The van der Waals surface area contributed by atoms with Crippen LogP contribution >= 0.6 is 0 Å². The Morgan fingerprint density at radius 2 is 1.94 bits per heavy atom. The molecule has 5 nitrogen and oxygen atoms in total. The van der Waals surface area contributed by atoms with Crippen molar-refractivity contribution in [2.45, 2.75) is 19.4 Å². The summed E-state index contributed by atoms with van der Waals surface area (Å²) in [6, 6.07) is 0. The summed E-state index contributed by atoms with van der Waals surface area (Å²) in [4.78, 5) is 8.07. The lowest BCUT2D eigenvalue weighted by atomic mass is 10.3. The zero-order chi connectivity index (χ0) is 12.5. The highest BCUT2D eigenvalue weighted by atomic mass is 16.5. The Hall–Kier alpha value is -1.80. The van der Waals surface area contributed by atoms with Gasteiger partial charge in [-0.2, -0.15) is 0 Å². The van der Waals surface area contributed by atoms with E-state index in [1.165, 1.54) is 6.33 Å². The van der Waals surface area contributed by atoms with E-state index in [1.807, 2.05) is 0 Å². The molecule has 0 radical (unpaired) electrons. The van der Waals surface area contributed by atoms with Gasteiger partial charge in [0, 0.05) is 13.0 Å². The van der Waals surface area contributed by atoms with E-state index >= 15 is 0 Å². The molecule has 1 N–H and O–H groups in total. The first kappa shape index (κ1) is 13.3. The van der Waals surface area contributed by atoms with Crippen molar-refractivity contribution in [3.63, 3.8) is 0 Å². The highest BCUT2D eigenvalue weighted by molar-refractivity contribution is 5.34. The van der Waals surface area contributed by atoms with E-state index in [1.54, 1.807) is 14.2 Å². The summed E-state index contributed by atoms with van der Waals surface area (Å²) in [6.07, 6.45) is 8.30. The van der Waals surface area contributed by atoms with Gasteiger partial charge >= 0.3 is 0 Å². The van der Waals surface area contributed by atoms with Crippen LogP contribution in [-0.4, -0.2) is 30.7 Å². The van der Waals surface area contributed by atoms with Crippen LogP contribution in [0.4, 0.5) is 0 Å². The summed E-state index contributed by atoms with van der Waals surface area (Å²) in [7, 11) is 3.15. The fourth-order valence-corrected chi connectivity index (χ4v) is 1.41. The van der Waals surface area contributed by atoms with Crippen LogP contribution in [0.15, 0.2) is 6.33 Å². The Balaban J connectivity index is 2.59. The van der Waals surface area contributed by atoms with Crippen LogP contribution in [0, 0.1) is 12.3 Å². The fraction of sp³-hybridized carbons (Fsp3) is 0.500. The van der Waals surface area contributed by atoms with Crippen LogP contribution in [-0.2, 0) is 6.54 Å². The van der Waals surface area contributed by atoms with Gasteiger partial charge in [0.2, 0.25) is 11.8 Å². The lowest BCUT2D eigenvalue weighted by molar-refractivity contribution is 0.359. The summed E-state index contributed by atoms with van der Waals surface area (Å²) in [5, 5.41) is 3.25. The summed E-state index contributed by atoms with van der Waals surface area (Å²) < 4.78 is 10.3.